The molecular formula is C55H40N4O. The molecule has 0 atom stereocenters. The fraction of sp³-hybridized carbons (Fsp3) is 0.0364. The fourth-order valence-electron chi connectivity index (χ4n) is 9.17. The normalized spacial score (nSPS) is 13.6. The molecule has 0 radical (unpaired) electrons. The van der Waals surface area contributed by atoms with Crippen molar-refractivity contribution in [2.75, 3.05) is 17.1 Å². The molecule has 0 fully saturated rings. The first-order valence-electron chi connectivity index (χ1n) is 21.6. The van der Waals surface area contributed by atoms with Crippen molar-refractivity contribution in [2.24, 2.45) is 0 Å². The second kappa shape index (κ2) is 14.6. The first kappa shape index (κ1) is 32.3. The van der Waals surface area contributed by atoms with Gasteiger partial charge in [0.25, 0.3) is 0 Å². The van der Waals surface area contributed by atoms with E-state index >= 15 is 0 Å². The van der Waals surface area contributed by atoms with Gasteiger partial charge in [-0.05, 0) is 93.0 Å². The van der Waals surface area contributed by atoms with E-state index in [1.54, 1.807) is 11.1 Å². The molecule has 2 aromatic heterocycles. The van der Waals surface area contributed by atoms with Gasteiger partial charge in [-0.15, -0.1) is 4.94 Å². The molecule has 0 saturated carbocycles. The van der Waals surface area contributed by atoms with Crippen LogP contribution < -0.4 is 10.1 Å². The van der Waals surface area contributed by atoms with E-state index in [2.05, 4.69) is 168 Å². The van der Waals surface area contributed by atoms with Gasteiger partial charge in [0.05, 0.1) is 33.5 Å². The zero-order valence-electron chi connectivity index (χ0n) is 35.6. The number of nitrogens with zero attached hydrogens (tertiary/aromatic N) is 4. The number of fused-ring (bicyclic) bond motifs is 4. The molecule has 60 heavy (non-hydrogen) atoms. The van der Waals surface area contributed by atoms with Crippen LogP contribution in [0.1, 0.15) is 26.4 Å². The Bertz CT molecular complexity index is 3240. The maximum atomic E-state index is 8.28. The summed E-state index contributed by atoms with van der Waals surface area (Å²) in [7, 11) is 0. The number of para-hydroxylation sites is 3. The summed E-state index contributed by atoms with van der Waals surface area (Å²) in [4.78, 5) is 11.3. The summed E-state index contributed by atoms with van der Waals surface area (Å²) in [6, 6.07) is 75.5. The van der Waals surface area contributed by atoms with Crippen LogP contribution in [0.4, 0.5) is 17.1 Å². The molecule has 286 valence electrons. The van der Waals surface area contributed by atoms with Crippen molar-refractivity contribution in [3.63, 3.8) is 0 Å². The topological polar surface area (TPSA) is 33.5 Å². The number of pyridine rings is 1. The number of hydrogen-bond donors (Lipinski definition) is 0. The number of aromatic nitrogens is 2. The van der Waals surface area contributed by atoms with Gasteiger partial charge < -0.3 is 0 Å². The summed E-state index contributed by atoms with van der Waals surface area (Å²) < 4.78 is 27.1. The van der Waals surface area contributed by atoms with Crippen LogP contribution in [0.5, 0.6) is 0 Å². The Morgan fingerprint density at radius 1 is 0.467 bits per heavy atom. The van der Waals surface area contributed by atoms with Gasteiger partial charge in [0.1, 0.15) is 5.82 Å². The minimum atomic E-state index is -2.52. The molecule has 0 unspecified atom stereocenters. The van der Waals surface area contributed by atoms with Gasteiger partial charge in [0, 0.05) is 28.1 Å². The molecule has 0 amide bonds. The van der Waals surface area contributed by atoms with E-state index in [9.17, 15) is 0 Å². The third kappa shape index (κ3) is 5.70. The number of rotatable bonds is 8. The summed E-state index contributed by atoms with van der Waals surface area (Å²) in [6.07, 6.45) is 1.91. The van der Waals surface area contributed by atoms with Gasteiger partial charge in [-0.3, -0.25) is 4.57 Å². The molecule has 0 N–H and O–H groups in total. The number of hydrogen-bond acceptors (Lipinski definition) is 4. The lowest BCUT2D eigenvalue weighted by Crippen LogP contribution is -2.31. The molecule has 0 aliphatic carbocycles. The highest BCUT2D eigenvalue weighted by atomic mass is 16.8. The highest BCUT2D eigenvalue weighted by Gasteiger charge is 2.40. The largest absolute Gasteiger partial charge is 0.294 e. The van der Waals surface area contributed by atoms with E-state index < -0.39 is 12.4 Å². The highest BCUT2D eigenvalue weighted by Crippen LogP contribution is 2.49. The van der Waals surface area contributed by atoms with Crippen LogP contribution in [0, 0.1) is 0 Å². The minimum Gasteiger partial charge on any atom is -0.294 e. The van der Waals surface area contributed by atoms with E-state index in [0.29, 0.717) is 17.1 Å². The van der Waals surface area contributed by atoms with Crippen LogP contribution in [0.25, 0.3) is 49.9 Å². The van der Waals surface area contributed by atoms with Crippen molar-refractivity contribution in [1.82, 2.24) is 9.55 Å². The molecule has 0 saturated heterocycles. The predicted molar refractivity (Wildman–Crippen MR) is 246 cm³/mol. The average molecular weight is 776 g/mol. The molecule has 5 heteroatoms. The van der Waals surface area contributed by atoms with Crippen molar-refractivity contribution < 1.29 is 9.05 Å². The number of hydroxylamine groups is 1. The summed E-state index contributed by atoms with van der Waals surface area (Å²) in [5.74, 6) is 0.814. The lowest BCUT2D eigenvalue weighted by atomic mass is 9.65. The molecule has 1 aliphatic heterocycles. The Hall–Kier alpha value is -7.73. The molecule has 5 nitrogen and oxygen atoms in total. The summed E-state index contributed by atoms with van der Waals surface area (Å²) >= 11 is 0. The van der Waals surface area contributed by atoms with Gasteiger partial charge in [0.15, 0.2) is 0 Å². The van der Waals surface area contributed by atoms with Gasteiger partial charge >= 0.3 is 0 Å². The lowest BCUT2D eigenvalue weighted by molar-refractivity contribution is 0.142. The van der Waals surface area contributed by atoms with Crippen LogP contribution >= 0.6 is 0 Å². The van der Waals surface area contributed by atoms with Crippen LogP contribution in [-0.4, -0.2) is 16.5 Å². The summed E-state index contributed by atoms with van der Waals surface area (Å²) in [5, 5.41) is 4.86. The first-order chi connectivity index (χ1) is 30.9. The van der Waals surface area contributed by atoms with Gasteiger partial charge in [-0.2, -0.15) is 5.06 Å². The second-order valence-electron chi connectivity index (χ2n) is 15.1. The Labute approximate surface area is 353 Å². The molecule has 1 aliphatic rings. The highest BCUT2D eigenvalue weighted by molar-refractivity contribution is 6.09. The molecule has 0 spiro atoms. The lowest BCUT2D eigenvalue weighted by Gasteiger charge is -2.37. The standard InChI is InChI=1S/C55H40N4O/c1-57-51-30-15-16-31-52(51)59(60-57)45-25-17-24-43(37-45)55(41-20-7-3-8-21-41,42-22-9-4-10-23-42)44-32-33-49-48-28-13-14-29-50(48)58(53(49)38-44)54-36-40(34-35-56-54)47-27-12-11-26-46(47)39-18-5-2-6-19-39/h2-38H,1H3/i1D3. The monoisotopic (exact) mass is 775 g/mol. The van der Waals surface area contributed by atoms with E-state index in [4.69, 9.17) is 14.0 Å². The maximum absolute atomic E-state index is 8.28. The smallest absolute Gasteiger partial charge is 0.138 e. The van der Waals surface area contributed by atoms with Crippen LogP contribution in [0.15, 0.2) is 225 Å². The molecule has 3 heterocycles. The van der Waals surface area contributed by atoms with Gasteiger partial charge in [0.2, 0.25) is 0 Å². The maximum Gasteiger partial charge on any atom is 0.138 e. The van der Waals surface area contributed by atoms with E-state index in [1.165, 1.54) is 0 Å². The zero-order chi connectivity index (χ0) is 42.5. The SMILES string of the molecule is [2H]C([2H])([2H])N1ON(c2cccc(C(c3ccccc3)(c3ccccc3)c3ccc4c5ccccc5n(-c5cc(-c6ccccc6-c6ccccc6)ccn5)c4c3)c2)c2ccccc21. The quantitative estimate of drug-likeness (QED) is 0.144. The van der Waals surface area contributed by atoms with Crippen molar-refractivity contribution in [3.05, 3.63) is 247 Å². The van der Waals surface area contributed by atoms with Gasteiger partial charge in [-0.1, -0.05) is 170 Å². The predicted octanol–water partition coefficient (Wildman–Crippen LogP) is 13.3. The van der Waals surface area contributed by atoms with Crippen LogP contribution in [0.3, 0.4) is 0 Å². The Kier molecular flexibility index (Phi) is 7.84. The van der Waals surface area contributed by atoms with Crippen LogP contribution in [0.2, 0.25) is 0 Å². The summed E-state index contributed by atoms with van der Waals surface area (Å²) in [6.45, 7) is -2.52. The third-order valence-electron chi connectivity index (χ3n) is 11.8. The fourth-order valence-corrected chi connectivity index (χ4v) is 9.17. The van der Waals surface area contributed by atoms with Crippen LogP contribution in [-0.2, 0) is 10.4 Å². The van der Waals surface area contributed by atoms with Crippen molar-refractivity contribution >= 4 is 38.9 Å². The Morgan fingerprint density at radius 2 is 1.07 bits per heavy atom. The molecule has 11 rings (SSSR count). The van der Waals surface area contributed by atoms with E-state index in [-0.39, 0.29) is 0 Å². The first-order valence-corrected chi connectivity index (χ1v) is 20.1. The van der Waals surface area contributed by atoms with E-state index in [0.717, 1.165) is 77.2 Å². The average Bonchev–Trinajstić information content (AvgIpc) is 3.90. The van der Waals surface area contributed by atoms with Gasteiger partial charge in [-0.25, -0.2) is 10.0 Å². The second-order valence-corrected chi connectivity index (χ2v) is 15.1. The molecule has 0 bridgehead atoms. The number of anilines is 3. The Morgan fingerprint density at radius 3 is 1.82 bits per heavy atom. The van der Waals surface area contributed by atoms with E-state index in [1.807, 2.05) is 54.7 Å². The number of benzene rings is 8. The Balaban J connectivity index is 1.15. The summed E-state index contributed by atoms with van der Waals surface area (Å²) in [5.41, 5.74) is 11.7. The molecule has 10 aromatic rings. The molecule has 8 aromatic carbocycles. The van der Waals surface area contributed by atoms with Crippen molar-refractivity contribution in [3.8, 4) is 28.1 Å². The third-order valence-corrected chi connectivity index (χ3v) is 11.8. The van der Waals surface area contributed by atoms with Crippen molar-refractivity contribution in [2.45, 2.75) is 5.41 Å². The minimum absolute atomic E-state index is 0.472. The molecular weight excluding hydrogens is 733 g/mol. The van der Waals surface area contributed by atoms with Crippen molar-refractivity contribution in [1.29, 1.82) is 0 Å². The zero-order valence-corrected chi connectivity index (χ0v) is 32.6.